The number of aryl methyl sites for hydroxylation is 1. The molecule has 108 valence electrons. The molecule has 1 aliphatic rings. The zero-order valence-electron chi connectivity index (χ0n) is 12.5. The average Bonchev–Trinajstić information content (AvgIpc) is 2.76. The summed E-state index contributed by atoms with van der Waals surface area (Å²) in [6, 6.07) is 0.228. The molecule has 0 spiro atoms. The summed E-state index contributed by atoms with van der Waals surface area (Å²) in [6.07, 6.45) is 4.28. The molecule has 1 saturated heterocycles. The quantitative estimate of drug-likeness (QED) is 0.895. The standard InChI is InChI=1S/C14H26N4O/c1-5-18-9-12(7-16-18)13(6-15)17-8-11(2)19-14(3,4)10-17/h7,9,11,13H,5-6,8,10,15H2,1-4H3. The highest BCUT2D eigenvalue weighted by atomic mass is 16.5. The molecule has 5 nitrogen and oxygen atoms in total. The van der Waals surface area contributed by atoms with Crippen LogP contribution in [0.2, 0.25) is 0 Å². The van der Waals surface area contributed by atoms with Crippen LogP contribution < -0.4 is 5.73 Å². The summed E-state index contributed by atoms with van der Waals surface area (Å²) in [5.74, 6) is 0. The zero-order chi connectivity index (χ0) is 14.0. The highest BCUT2D eigenvalue weighted by molar-refractivity contribution is 5.12. The molecule has 2 unspecified atom stereocenters. The molecule has 1 aromatic rings. The fourth-order valence-corrected chi connectivity index (χ4v) is 2.96. The third kappa shape index (κ3) is 3.35. The molecule has 1 fully saturated rings. The monoisotopic (exact) mass is 266 g/mol. The topological polar surface area (TPSA) is 56.3 Å². The van der Waals surface area contributed by atoms with Gasteiger partial charge in [-0.3, -0.25) is 9.58 Å². The molecule has 5 heteroatoms. The predicted octanol–water partition coefficient (Wildman–Crippen LogP) is 1.40. The predicted molar refractivity (Wildman–Crippen MR) is 75.9 cm³/mol. The van der Waals surface area contributed by atoms with Crippen molar-refractivity contribution < 1.29 is 4.74 Å². The maximum atomic E-state index is 6.00. The van der Waals surface area contributed by atoms with E-state index >= 15 is 0 Å². The van der Waals surface area contributed by atoms with Crippen LogP contribution >= 0.6 is 0 Å². The van der Waals surface area contributed by atoms with Crippen molar-refractivity contribution in [1.82, 2.24) is 14.7 Å². The molecule has 0 radical (unpaired) electrons. The van der Waals surface area contributed by atoms with Gasteiger partial charge in [-0.15, -0.1) is 0 Å². The Morgan fingerprint density at radius 3 is 2.84 bits per heavy atom. The molecule has 2 rings (SSSR count). The first-order chi connectivity index (χ1) is 8.95. The molecule has 2 N–H and O–H groups in total. The van der Waals surface area contributed by atoms with Gasteiger partial charge in [-0.25, -0.2) is 0 Å². The van der Waals surface area contributed by atoms with Crippen molar-refractivity contribution in [3.8, 4) is 0 Å². The lowest BCUT2D eigenvalue weighted by atomic mass is 10.0. The van der Waals surface area contributed by atoms with E-state index in [9.17, 15) is 0 Å². The first-order valence-electron chi connectivity index (χ1n) is 7.09. The minimum absolute atomic E-state index is 0.119. The minimum Gasteiger partial charge on any atom is -0.370 e. The summed E-state index contributed by atoms with van der Waals surface area (Å²) in [5.41, 5.74) is 7.08. The van der Waals surface area contributed by atoms with E-state index in [1.165, 1.54) is 5.56 Å². The normalized spacial score (nSPS) is 25.4. The lowest BCUT2D eigenvalue weighted by Gasteiger charge is -2.44. The van der Waals surface area contributed by atoms with Crippen molar-refractivity contribution in [3.05, 3.63) is 18.0 Å². The summed E-state index contributed by atoms with van der Waals surface area (Å²) in [5, 5.41) is 4.36. The van der Waals surface area contributed by atoms with Crippen LogP contribution in [0.1, 0.15) is 39.3 Å². The maximum Gasteiger partial charge on any atom is 0.0757 e. The Bertz CT molecular complexity index is 415. The van der Waals surface area contributed by atoms with Gasteiger partial charge in [0.1, 0.15) is 0 Å². The van der Waals surface area contributed by atoms with Crippen LogP contribution in [-0.2, 0) is 11.3 Å². The van der Waals surface area contributed by atoms with Gasteiger partial charge < -0.3 is 10.5 Å². The fraction of sp³-hybridized carbons (Fsp3) is 0.786. The Labute approximate surface area is 115 Å². The molecule has 1 aromatic heterocycles. The molecule has 0 saturated carbocycles. The van der Waals surface area contributed by atoms with Crippen LogP contribution in [0.5, 0.6) is 0 Å². The molecule has 2 atom stereocenters. The SMILES string of the molecule is CCn1cc(C(CN)N2CC(C)OC(C)(C)C2)cn1. The molecular formula is C14H26N4O. The van der Waals surface area contributed by atoms with Crippen molar-refractivity contribution in [2.45, 2.75) is 52.0 Å². The molecule has 0 aromatic carbocycles. The van der Waals surface area contributed by atoms with Gasteiger partial charge in [0.15, 0.2) is 0 Å². The van der Waals surface area contributed by atoms with Crippen LogP contribution in [-0.4, -0.2) is 46.0 Å². The molecule has 19 heavy (non-hydrogen) atoms. The largest absolute Gasteiger partial charge is 0.370 e. The minimum atomic E-state index is -0.119. The molecule has 1 aliphatic heterocycles. The number of ether oxygens (including phenoxy) is 1. The van der Waals surface area contributed by atoms with Gasteiger partial charge in [-0.05, 0) is 27.7 Å². The summed E-state index contributed by atoms with van der Waals surface area (Å²) < 4.78 is 7.91. The van der Waals surface area contributed by atoms with Crippen LogP contribution in [0.25, 0.3) is 0 Å². The van der Waals surface area contributed by atoms with E-state index in [4.69, 9.17) is 10.5 Å². The average molecular weight is 266 g/mol. The van der Waals surface area contributed by atoms with E-state index in [1.807, 2.05) is 10.9 Å². The third-order valence-corrected chi connectivity index (χ3v) is 3.62. The maximum absolute atomic E-state index is 6.00. The van der Waals surface area contributed by atoms with Crippen LogP contribution in [0.4, 0.5) is 0 Å². The van der Waals surface area contributed by atoms with Crippen LogP contribution in [0, 0.1) is 0 Å². The molecule has 0 amide bonds. The van der Waals surface area contributed by atoms with Crippen molar-refractivity contribution in [1.29, 1.82) is 0 Å². The van der Waals surface area contributed by atoms with E-state index in [0.29, 0.717) is 6.54 Å². The lowest BCUT2D eigenvalue weighted by molar-refractivity contribution is -0.137. The first kappa shape index (κ1) is 14.5. The number of morpholine rings is 1. The number of hydrogen-bond donors (Lipinski definition) is 1. The van der Waals surface area contributed by atoms with E-state index in [2.05, 4.69) is 43.9 Å². The Morgan fingerprint density at radius 1 is 1.58 bits per heavy atom. The first-order valence-corrected chi connectivity index (χ1v) is 7.09. The number of hydrogen-bond acceptors (Lipinski definition) is 4. The Kier molecular flexibility index (Phi) is 4.28. The summed E-state index contributed by atoms with van der Waals surface area (Å²) >= 11 is 0. The van der Waals surface area contributed by atoms with Crippen molar-refractivity contribution in [2.24, 2.45) is 5.73 Å². The second kappa shape index (κ2) is 5.61. The van der Waals surface area contributed by atoms with Gasteiger partial charge in [0.25, 0.3) is 0 Å². The van der Waals surface area contributed by atoms with Crippen LogP contribution in [0.3, 0.4) is 0 Å². The van der Waals surface area contributed by atoms with Gasteiger partial charge in [0.05, 0.1) is 23.9 Å². The van der Waals surface area contributed by atoms with Crippen molar-refractivity contribution in [3.63, 3.8) is 0 Å². The van der Waals surface area contributed by atoms with Gasteiger partial charge >= 0.3 is 0 Å². The lowest BCUT2D eigenvalue weighted by Crippen LogP contribution is -2.53. The van der Waals surface area contributed by atoms with E-state index in [0.717, 1.165) is 19.6 Å². The highest BCUT2D eigenvalue weighted by Gasteiger charge is 2.35. The summed E-state index contributed by atoms with van der Waals surface area (Å²) in [4.78, 5) is 2.42. The smallest absolute Gasteiger partial charge is 0.0757 e. The number of nitrogens with zero attached hydrogens (tertiary/aromatic N) is 3. The second-order valence-electron chi connectivity index (χ2n) is 6.00. The summed E-state index contributed by atoms with van der Waals surface area (Å²) in [7, 11) is 0. The fourth-order valence-electron chi connectivity index (χ4n) is 2.96. The van der Waals surface area contributed by atoms with Gasteiger partial charge in [0, 0.05) is 37.9 Å². The van der Waals surface area contributed by atoms with Gasteiger partial charge in [-0.1, -0.05) is 0 Å². The van der Waals surface area contributed by atoms with E-state index < -0.39 is 0 Å². The molecule has 0 bridgehead atoms. The molecule has 2 heterocycles. The van der Waals surface area contributed by atoms with E-state index in [1.54, 1.807) is 0 Å². The van der Waals surface area contributed by atoms with E-state index in [-0.39, 0.29) is 17.7 Å². The van der Waals surface area contributed by atoms with Gasteiger partial charge in [0.2, 0.25) is 0 Å². The third-order valence-electron chi connectivity index (χ3n) is 3.62. The Hall–Kier alpha value is -0.910. The zero-order valence-corrected chi connectivity index (χ0v) is 12.5. The molecular weight excluding hydrogens is 240 g/mol. The number of aromatic nitrogens is 2. The Morgan fingerprint density at radius 2 is 2.32 bits per heavy atom. The van der Waals surface area contributed by atoms with Crippen molar-refractivity contribution in [2.75, 3.05) is 19.6 Å². The number of rotatable bonds is 4. The highest BCUT2D eigenvalue weighted by Crippen LogP contribution is 2.28. The van der Waals surface area contributed by atoms with Crippen LogP contribution in [0.15, 0.2) is 12.4 Å². The number of nitrogens with two attached hydrogens (primary N) is 1. The van der Waals surface area contributed by atoms with Crippen molar-refractivity contribution >= 4 is 0 Å². The molecule has 0 aliphatic carbocycles. The van der Waals surface area contributed by atoms with Gasteiger partial charge in [-0.2, -0.15) is 5.10 Å². The second-order valence-corrected chi connectivity index (χ2v) is 6.00. The Balaban J connectivity index is 2.16. The summed E-state index contributed by atoms with van der Waals surface area (Å²) in [6.45, 7) is 11.8.